The van der Waals surface area contributed by atoms with E-state index in [4.69, 9.17) is 0 Å². The highest BCUT2D eigenvalue weighted by atomic mass is 32.1. The molecule has 0 aromatic carbocycles. The van der Waals surface area contributed by atoms with Crippen LogP contribution in [0.3, 0.4) is 0 Å². The number of thiazole rings is 1. The van der Waals surface area contributed by atoms with Crippen molar-refractivity contribution in [3.05, 3.63) is 15.6 Å². The molecule has 1 fully saturated rings. The molecule has 1 aliphatic rings. The third kappa shape index (κ3) is 2.57. The van der Waals surface area contributed by atoms with E-state index in [9.17, 15) is 14.7 Å². The summed E-state index contributed by atoms with van der Waals surface area (Å²) in [4.78, 5) is 30.6. The van der Waals surface area contributed by atoms with E-state index in [-0.39, 0.29) is 5.91 Å². The van der Waals surface area contributed by atoms with E-state index >= 15 is 0 Å². The zero-order chi connectivity index (χ0) is 15.1. The Balaban J connectivity index is 2.36. The number of carboxylic acids is 1. The highest BCUT2D eigenvalue weighted by Crippen LogP contribution is 2.36. The van der Waals surface area contributed by atoms with Gasteiger partial charge in [-0.1, -0.05) is 13.8 Å². The number of aromatic nitrogens is 1. The van der Waals surface area contributed by atoms with Gasteiger partial charge in [0.1, 0.15) is 10.9 Å². The highest BCUT2D eigenvalue weighted by Gasteiger charge is 2.45. The predicted octanol–water partition coefficient (Wildman–Crippen LogP) is 2.48. The van der Waals surface area contributed by atoms with Crippen LogP contribution >= 0.6 is 11.3 Å². The summed E-state index contributed by atoms with van der Waals surface area (Å²) in [5, 5.41) is 10.3. The van der Waals surface area contributed by atoms with Crippen LogP contribution in [0.4, 0.5) is 0 Å². The second-order valence-electron chi connectivity index (χ2n) is 5.98. The van der Waals surface area contributed by atoms with Crippen molar-refractivity contribution in [2.45, 2.75) is 46.6 Å². The number of aryl methyl sites for hydroxylation is 2. The van der Waals surface area contributed by atoms with E-state index in [0.717, 1.165) is 17.8 Å². The Morgan fingerprint density at radius 1 is 1.40 bits per heavy atom. The first-order valence-corrected chi connectivity index (χ1v) is 7.53. The first-order valence-electron chi connectivity index (χ1n) is 6.72. The fraction of sp³-hybridized carbons (Fsp3) is 0.643. The molecule has 2 rings (SSSR count). The number of carboxylic acid groups (broad SMARTS) is 1. The van der Waals surface area contributed by atoms with Gasteiger partial charge in [0, 0.05) is 6.54 Å². The van der Waals surface area contributed by atoms with Crippen molar-refractivity contribution in [2.24, 2.45) is 5.41 Å². The van der Waals surface area contributed by atoms with Gasteiger partial charge in [0.05, 0.1) is 10.7 Å². The van der Waals surface area contributed by atoms with Gasteiger partial charge in [-0.15, -0.1) is 11.3 Å². The number of nitrogens with zero attached hydrogens (tertiary/aromatic N) is 2. The van der Waals surface area contributed by atoms with E-state index in [1.807, 2.05) is 20.8 Å². The maximum Gasteiger partial charge on any atom is 0.326 e. The summed E-state index contributed by atoms with van der Waals surface area (Å²) in [5.74, 6) is -1.13. The van der Waals surface area contributed by atoms with Crippen LogP contribution in [0.25, 0.3) is 0 Å². The quantitative estimate of drug-likeness (QED) is 0.910. The number of hydrogen-bond acceptors (Lipinski definition) is 4. The molecule has 0 aliphatic carbocycles. The lowest BCUT2D eigenvalue weighted by atomic mass is 9.76. The summed E-state index contributed by atoms with van der Waals surface area (Å²) in [6.07, 6.45) is 1.65. The average molecular weight is 296 g/mol. The first-order chi connectivity index (χ1) is 9.24. The first kappa shape index (κ1) is 15.0. The molecule has 0 saturated carbocycles. The molecule has 1 aromatic heterocycles. The second-order valence-corrected chi connectivity index (χ2v) is 7.18. The SMILES string of the molecule is Cc1nc(C)c(C(=O)N2CCCC(C)(C)C2C(=O)O)s1. The van der Waals surface area contributed by atoms with Crippen LogP contribution in [0.5, 0.6) is 0 Å². The molecule has 2 heterocycles. The van der Waals surface area contributed by atoms with Crippen LogP contribution in [0, 0.1) is 19.3 Å². The van der Waals surface area contributed by atoms with Crippen molar-refractivity contribution in [2.75, 3.05) is 6.54 Å². The van der Waals surface area contributed by atoms with Crippen molar-refractivity contribution in [1.29, 1.82) is 0 Å². The summed E-state index contributed by atoms with van der Waals surface area (Å²) in [6, 6.07) is -0.773. The summed E-state index contributed by atoms with van der Waals surface area (Å²) in [6.45, 7) is 7.96. The maximum absolute atomic E-state index is 12.7. The summed E-state index contributed by atoms with van der Waals surface area (Å²) in [5.41, 5.74) is 0.276. The van der Waals surface area contributed by atoms with Gasteiger partial charge in [-0.2, -0.15) is 0 Å². The number of carbonyl (C=O) groups excluding carboxylic acids is 1. The van der Waals surface area contributed by atoms with Gasteiger partial charge in [0.2, 0.25) is 0 Å². The number of amides is 1. The fourth-order valence-electron chi connectivity index (χ4n) is 2.94. The Kier molecular flexibility index (Phi) is 3.86. The molecule has 1 aliphatic heterocycles. The average Bonchev–Trinajstić information content (AvgIpc) is 2.65. The number of rotatable bonds is 2. The minimum absolute atomic E-state index is 0.201. The fourth-order valence-corrected chi connectivity index (χ4v) is 3.82. The Morgan fingerprint density at radius 2 is 2.05 bits per heavy atom. The topological polar surface area (TPSA) is 70.5 Å². The van der Waals surface area contributed by atoms with Gasteiger partial charge in [-0.3, -0.25) is 4.79 Å². The lowest BCUT2D eigenvalue weighted by Gasteiger charge is -2.43. The zero-order valence-corrected chi connectivity index (χ0v) is 13.1. The van der Waals surface area contributed by atoms with Gasteiger partial charge in [-0.25, -0.2) is 9.78 Å². The molecule has 0 spiro atoms. The number of carbonyl (C=O) groups is 2. The standard InChI is InChI=1S/C14H20N2O3S/c1-8-10(20-9(2)15-8)12(17)16-7-5-6-14(3,4)11(16)13(18)19/h11H,5-7H2,1-4H3,(H,18,19). The van der Waals surface area contributed by atoms with Crippen molar-refractivity contribution in [1.82, 2.24) is 9.88 Å². The molecule has 110 valence electrons. The van der Waals surface area contributed by atoms with Gasteiger partial charge in [0.25, 0.3) is 5.91 Å². The number of piperidine rings is 1. The molecule has 1 N–H and O–H groups in total. The maximum atomic E-state index is 12.7. The van der Waals surface area contributed by atoms with Crippen LogP contribution in [-0.4, -0.2) is 39.5 Å². The molecule has 0 radical (unpaired) electrons. The van der Waals surface area contributed by atoms with Crippen LogP contribution in [0.1, 0.15) is 47.1 Å². The Bertz CT molecular complexity index is 551. The van der Waals surface area contributed by atoms with Crippen molar-refractivity contribution >= 4 is 23.2 Å². The molecule has 1 saturated heterocycles. The van der Waals surface area contributed by atoms with Crippen molar-refractivity contribution < 1.29 is 14.7 Å². The highest BCUT2D eigenvalue weighted by molar-refractivity contribution is 7.13. The predicted molar refractivity (Wildman–Crippen MR) is 77.1 cm³/mol. The van der Waals surface area contributed by atoms with Gasteiger partial charge in [-0.05, 0) is 32.1 Å². The van der Waals surface area contributed by atoms with E-state index in [0.29, 0.717) is 17.1 Å². The summed E-state index contributed by atoms with van der Waals surface area (Å²) in [7, 11) is 0. The molecular formula is C14H20N2O3S. The van der Waals surface area contributed by atoms with E-state index in [1.54, 1.807) is 6.92 Å². The molecule has 20 heavy (non-hydrogen) atoms. The number of hydrogen-bond donors (Lipinski definition) is 1. The Hall–Kier alpha value is -1.43. The number of aliphatic carboxylic acids is 1. The number of likely N-dealkylation sites (tertiary alicyclic amines) is 1. The van der Waals surface area contributed by atoms with Gasteiger partial charge >= 0.3 is 5.97 Å². The van der Waals surface area contributed by atoms with Crippen molar-refractivity contribution in [3.8, 4) is 0 Å². The molecule has 1 aromatic rings. The second kappa shape index (κ2) is 5.16. The molecule has 5 nitrogen and oxygen atoms in total. The van der Waals surface area contributed by atoms with Crippen LogP contribution < -0.4 is 0 Å². The third-order valence-corrected chi connectivity index (χ3v) is 4.93. The van der Waals surface area contributed by atoms with E-state index in [1.165, 1.54) is 16.2 Å². The minimum Gasteiger partial charge on any atom is -0.480 e. The van der Waals surface area contributed by atoms with Gasteiger partial charge in [0.15, 0.2) is 0 Å². The van der Waals surface area contributed by atoms with Crippen molar-refractivity contribution in [3.63, 3.8) is 0 Å². The van der Waals surface area contributed by atoms with E-state index in [2.05, 4.69) is 4.98 Å². The minimum atomic E-state index is -0.929. The molecular weight excluding hydrogens is 276 g/mol. The van der Waals surface area contributed by atoms with Crippen LogP contribution in [0.2, 0.25) is 0 Å². The van der Waals surface area contributed by atoms with Crippen LogP contribution in [-0.2, 0) is 4.79 Å². The van der Waals surface area contributed by atoms with Gasteiger partial charge < -0.3 is 10.0 Å². The summed E-state index contributed by atoms with van der Waals surface area (Å²) >= 11 is 1.33. The molecule has 0 bridgehead atoms. The third-order valence-electron chi connectivity index (χ3n) is 3.86. The molecule has 1 atom stereocenters. The van der Waals surface area contributed by atoms with E-state index < -0.39 is 17.4 Å². The van der Waals surface area contributed by atoms with Crippen LogP contribution in [0.15, 0.2) is 0 Å². The Labute approximate surface area is 122 Å². The Morgan fingerprint density at radius 3 is 2.55 bits per heavy atom. The molecule has 1 amide bonds. The monoisotopic (exact) mass is 296 g/mol. The lowest BCUT2D eigenvalue weighted by Crippen LogP contribution is -2.56. The molecule has 1 unspecified atom stereocenters. The lowest BCUT2D eigenvalue weighted by molar-refractivity contribution is -0.148. The molecule has 6 heteroatoms. The summed E-state index contributed by atoms with van der Waals surface area (Å²) < 4.78 is 0. The zero-order valence-electron chi connectivity index (χ0n) is 12.3. The normalized spacial score (nSPS) is 21.8. The smallest absolute Gasteiger partial charge is 0.326 e. The largest absolute Gasteiger partial charge is 0.480 e.